The van der Waals surface area contributed by atoms with Crippen molar-refractivity contribution in [2.75, 3.05) is 7.11 Å². The summed E-state index contributed by atoms with van der Waals surface area (Å²) in [5, 5.41) is 3.03. The molecule has 146 valence electrons. The molecule has 2 rings (SSSR count). The first-order valence-corrected chi connectivity index (χ1v) is 9.84. The average Bonchev–Trinajstić information content (AvgIpc) is 2.72. The van der Waals surface area contributed by atoms with Crippen LogP contribution in [-0.2, 0) is 11.3 Å². The Morgan fingerprint density at radius 3 is 2.33 bits per heavy atom. The summed E-state index contributed by atoms with van der Waals surface area (Å²) in [5.41, 5.74) is 2.05. The summed E-state index contributed by atoms with van der Waals surface area (Å²) in [7, 11) is 1.65. The predicted molar refractivity (Wildman–Crippen MR) is 109 cm³/mol. The highest BCUT2D eigenvalue weighted by molar-refractivity contribution is 5.68. The third kappa shape index (κ3) is 7.73. The number of ether oxygens (including phenoxy) is 2. The largest absolute Gasteiger partial charge is 0.497 e. The van der Waals surface area contributed by atoms with E-state index >= 15 is 0 Å². The predicted octanol–water partition coefficient (Wildman–Crippen LogP) is 6.02. The van der Waals surface area contributed by atoms with Gasteiger partial charge < -0.3 is 14.8 Å². The van der Waals surface area contributed by atoms with Gasteiger partial charge in [0.25, 0.3) is 0 Å². The molecular weight excluding hydrogens is 338 g/mol. The Morgan fingerprint density at radius 1 is 0.963 bits per heavy atom. The molecule has 0 saturated heterocycles. The second-order valence-electron chi connectivity index (χ2n) is 6.73. The molecule has 0 radical (unpaired) electrons. The quantitative estimate of drug-likeness (QED) is 0.492. The zero-order valence-electron chi connectivity index (χ0n) is 16.4. The lowest BCUT2D eigenvalue weighted by molar-refractivity contribution is 0.135. The van der Waals surface area contributed by atoms with E-state index < -0.39 is 0 Å². The van der Waals surface area contributed by atoms with Gasteiger partial charge in [0.1, 0.15) is 12.4 Å². The topological polar surface area (TPSA) is 47.6 Å². The van der Waals surface area contributed by atoms with E-state index in [0.717, 1.165) is 29.7 Å². The molecule has 0 aliphatic carbocycles. The van der Waals surface area contributed by atoms with Gasteiger partial charge in [-0.3, -0.25) is 0 Å². The maximum Gasteiger partial charge on any atom is 0.407 e. The highest BCUT2D eigenvalue weighted by atomic mass is 16.5. The Kier molecular flexibility index (Phi) is 9.25. The molecule has 0 heterocycles. The first-order valence-electron chi connectivity index (χ1n) is 9.84. The van der Waals surface area contributed by atoms with Gasteiger partial charge in [0.2, 0.25) is 0 Å². The maximum atomic E-state index is 12.3. The van der Waals surface area contributed by atoms with E-state index in [1.54, 1.807) is 7.11 Å². The lowest BCUT2D eigenvalue weighted by atomic mass is 9.99. The van der Waals surface area contributed by atoms with Gasteiger partial charge in [-0.05, 0) is 29.7 Å². The van der Waals surface area contributed by atoms with E-state index in [-0.39, 0.29) is 18.7 Å². The molecule has 1 amide bonds. The Morgan fingerprint density at radius 2 is 1.67 bits per heavy atom. The zero-order valence-corrected chi connectivity index (χ0v) is 16.4. The number of rotatable bonds is 11. The van der Waals surface area contributed by atoms with Crippen molar-refractivity contribution >= 4 is 6.09 Å². The summed E-state index contributed by atoms with van der Waals surface area (Å²) < 4.78 is 10.6. The molecule has 1 atom stereocenters. The molecule has 0 aliphatic heterocycles. The molecule has 0 aromatic heterocycles. The Hall–Kier alpha value is -2.49. The number of nitrogens with one attached hydrogen (secondary N) is 1. The number of carbonyl (C=O) groups is 1. The van der Waals surface area contributed by atoms with E-state index in [0.29, 0.717) is 0 Å². The number of alkyl carbamates (subject to hydrolysis) is 1. The minimum Gasteiger partial charge on any atom is -0.497 e. The Labute approximate surface area is 162 Å². The highest BCUT2D eigenvalue weighted by Gasteiger charge is 2.15. The van der Waals surface area contributed by atoms with Crippen LogP contribution in [0.15, 0.2) is 54.6 Å². The van der Waals surface area contributed by atoms with Crippen LogP contribution < -0.4 is 10.1 Å². The molecular formula is C23H31NO3. The fraction of sp³-hybridized carbons (Fsp3) is 0.435. The number of methoxy groups -OCH3 is 1. The SMILES string of the molecule is CCCCCCCC(NC(=O)OCc1ccccc1)c1ccc(OC)cc1. The third-order valence-corrected chi connectivity index (χ3v) is 4.62. The smallest absolute Gasteiger partial charge is 0.407 e. The van der Waals surface area contributed by atoms with Gasteiger partial charge in [0.15, 0.2) is 0 Å². The van der Waals surface area contributed by atoms with Gasteiger partial charge in [0.05, 0.1) is 13.2 Å². The van der Waals surface area contributed by atoms with Crippen LogP contribution in [0.2, 0.25) is 0 Å². The van der Waals surface area contributed by atoms with Crippen LogP contribution in [-0.4, -0.2) is 13.2 Å². The van der Waals surface area contributed by atoms with Crippen molar-refractivity contribution < 1.29 is 14.3 Å². The number of unbranched alkanes of at least 4 members (excludes halogenated alkanes) is 4. The first kappa shape index (κ1) is 20.8. The van der Waals surface area contributed by atoms with Crippen molar-refractivity contribution in [3.63, 3.8) is 0 Å². The maximum absolute atomic E-state index is 12.3. The zero-order chi connectivity index (χ0) is 19.3. The fourth-order valence-corrected chi connectivity index (χ4v) is 3.02. The van der Waals surface area contributed by atoms with E-state index in [1.807, 2.05) is 54.6 Å². The number of carbonyl (C=O) groups excluding carboxylic acids is 1. The van der Waals surface area contributed by atoms with Gasteiger partial charge in [-0.25, -0.2) is 4.79 Å². The summed E-state index contributed by atoms with van der Waals surface area (Å²) in [5.74, 6) is 0.812. The van der Waals surface area contributed by atoms with Crippen molar-refractivity contribution in [1.82, 2.24) is 5.32 Å². The summed E-state index contributed by atoms with van der Waals surface area (Å²) in [4.78, 5) is 12.3. The second-order valence-corrected chi connectivity index (χ2v) is 6.73. The summed E-state index contributed by atoms with van der Waals surface area (Å²) in [6.07, 6.45) is 6.51. The number of benzene rings is 2. The molecule has 4 nitrogen and oxygen atoms in total. The molecule has 1 N–H and O–H groups in total. The van der Waals surface area contributed by atoms with E-state index in [1.165, 1.54) is 25.7 Å². The van der Waals surface area contributed by atoms with Crippen LogP contribution in [0.3, 0.4) is 0 Å². The van der Waals surface area contributed by atoms with Crippen LogP contribution in [0.5, 0.6) is 5.75 Å². The first-order chi connectivity index (χ1) is 13.2. The van der Waals surface area contributed by atoms with Crippen molar-refractivity contribution in [1.29, 1.82) is 0 Å². The third-order valence-electron chi connectivity index (χ3n) is 4.62. The van der Waals surface area contributed by atoms with Crippen LogP contribution in [0, 0.1) is 0 Å². The molecule has 2 aromatic carbocycles. The van der Waals surface area contributed by atoms with E-state index in [2.05, 4.69) is 12.2 Å². The Balaban J connectivity index is 1.91. The molecule has 4 heteroatoms. The standard InChI is InChI=1S/C23H31NO3/c1-3-4-5-6-10-13-22(20-14-16-21(26-2)17-15-20)24-23(25)27-18-19-11-8-7-9-12-19/h7-9,11-12,14-17,22H,3-6,10,13,18H2,1-2H3,(H,24,25). The summed E-state index contributed by atoms with van der Waals surface area (Å²) in [6, 6.07) is 17.5. The molecule has 0 aliphatic rings. The van der Waals surface area contributed by atoms with E-state index in [9.17, 15) is 4.79 Å². The minimum absolute atomic E-state index is 0.0548. The summed E-state index contributed by atoms with van der Waals surface area (Å²) >= 11 is 0. The van der Waals surface area contributed by atoms with Gasteiger partial charge >= 0.3 is 6.09 Å². The molecule has 0 fully saturated rings. The second kappa shape index (κ2) is 12.0. The lowest BCUT2D eigenvalue weighted by Crippen LogP contribution is -2.29. The van der Waals surface area contributed by atoms with Crippen LogP contribution in [0.25, 0.3) is 0 Å². The van der Waals surface area contributed by atoms with Crippen molar-refractivity contribution in [3.05, 3.63) is 65.7 Å². The molecule has 2 aromatic rings. The average molecular weight is 370 g/mol. The minimum atomic E-state index is -0.381. The molecule has 0 spiro atoms. The lowest BCUT2D eigenvalue weighted by Gasteiger charge is -2.19. The summed E-state index contributed by atoms with van der Waals surface area (Å²) in [6.45, 7) is 2.49. The van der Waals surface area contributed by atoms with Crippen LogP contribution in [0.4, 0.5) is 4.79 Å². The van der Waals surface area contributed by atoms with Gasteiger partial charge in [-0.2, -0.15) is 0 Å². The fourth-order valence-electron chi connectivity index (χ4n) is 3.02. The van der Waals surface area contributed by atoms with Crippen molar-refractivity contribution in [2.24, 2.45) is 0 Å². The van der Waals surface area contributed by atoms with E-state index in [4.69, 9.17) is 9.47 Å². The highest BCUT2D eigenvalue weighted by Crippen LogP contribution is 2.23. The molecule has 1 unspecified atom stereocenters. The molecule has 0 saturated carbocycles. The Bertz CT molecular complexity index is 655. The van der Waals surface area contributed by atoms with Crippen LogP contribution >= 0.6 is 0 Å². The normalized spacial score (nSPS) is 11.6. The number of hydrogen-bond donors (Lipinski definition) is 1. The van der Waals surface area contributed by atoms with Crippen molar-refractivity contribution in [2.45, 2.75) is 58.1 Å². The van der Waals surface area contributed by atoms with Gasteiger partial charge in [-0.15, -0.1) is 0 Å². The van der Waals surface area contributed by atoms with Gasteiger partial charge in [-0.1, -0.05) is 81.5 Å². The monoisotopic (exact) mass is 369 g/mol. The molecule has 0 bridgehead atoms. The van der Waals surface area contributed by atoms with Gasteiger partial charge in [0, 0.05) is 0 Å². The molecule has 27 heavy (non-hydrogen) atoms. The van der Waals surface area contributed by atoms with Crippen molar-refractivity contribution in [3.8, 4) is 5.75 Å². The number of hydrogen-bond acceptors (Lipinski definition) is 3. The van der Waals surface area contributed by atoms with Crippen LogP contribution in [0.1, 0.15) is 62.6 Å². The number of amides is 1.